The molecule has 0 saturated carbocycles. The van der Waals surface area contributed by atoms with Gasteiger partial charge >= 0.3 is 0 Å². The number of methoxy groups -OCH3 is 1. The quantitative estimate of drug-likeness (QED) is 0.691. The molecule has 1 atom stereocenters. The van der Waals surface area contributed by atoms with Crippen molar-refractivity contribution >= 4 is 0 Å². The molecule has 2 heterocycles. The Morgan fingerprint density at radius 2 is 2.17 bits per heavy atom. The van der Waals surface area contributed by atoms with E-state index in [9.17, 15) is 4.39 Å². The zero-order valence-electron chi connectivity index (χ0n) is 13.6. The smallest absolute Gasteiger partial charge is 0.264 e. The predicted octanol–water partition coefficient (Wildman–Crippen LogP) is 2.90. The molecule has 0 fully saturated rings. The standard InChI is InChI=1S/C16H17FN4O3/c1-10(22-3)16-19-15(24-20-16)9-23-14-5-4-11(17)8-12(14)13-6-7-18-21(13)2/h4-8,10H,9H2,1-3H3. The van der Waals surface area contributed by atoms with Crippen LogP contribution in [0, 0.1) is 5.82 Å². The van der Waals surface area contributed by atoms with Crippen molar-refractivity contribution in [2.75, 3.05) is 7.11 Å². The van der Waals surface area contributed by atoms with Gasteiger partial charge in [0, 0.05) is 25.9 Å². The van der Waals surface area contributed by atoms with Crippen LogP contribution in [0.5, 0.6) is 5.75 Å². The number of hydrogen-bond acceptors (Lipinski definition) is 6. The number of halogens is 1. The van der Waals surface area contributed by atoms with E-state index < -0.39 is 0 Å². The number of aryl methyl sites for hydroxylation is 1. The highest BCUT2D eigenvalue weighted by Crippen LogP contribution is 2.30. The highest BCUT2D eigenvalue weighted by atomic mass is 19.1. The first kappa shape index (κ1) is 16.1. The highest BCUT2D eigenvalue weighted by molar-refractivity contribution is 5.67. The summed E-state index contributed by atoms with van der Waals surface area (Å²) in [6, 6.07) is 6.08. The molecule has 7 nitrogen and oxygen atoms in total. The monoisotopic (exact) mass is 332 g/mol. The van der Waals surface area contributed by atoms with E-state index in [1.54, 1.807) is 37.2 Å². The van der Waals surface area contributed by atoms with Crippen LogP contribution in [0.4, 0.5) is 4.39 Å². The number of aromatic nitrogens is 4. The normalized spacial score (nSPS) is 12.3. The van der Waals surface area contributed by atoms with E-state index >= 15 is 0 Å². The second-order valence-corrected chi connectivity index (χ2v) is 5.19. The predicted molar refractivity (Wildman–Crippen MR) is 82.7 cm³/mol. The Labute approximate surface area is 138 Å². The third-order valence-electron chi connectivity index (χ3n) is 3.59. The summed E-state index contributed by atoms with van der Waals surface area (Å²) in [6.45, 7) is 1.88. The zero-order chi connectivity index (χ0) is 17.1. The molecule has 0 aliphatic rings. The molecule has 0 aliphatic carbocycles. The lowest BCUT2D eigenvalue weighted by Crippen LogP contribution is -2.01. The Hall–Kier alpha value is -2.74. The molecule has 1 unspecified atom stereocenters. The molecule has 0 radical (unpaired) electrons. The van der Waals surface area contributed by atoms with Crippen molar-refractivity contribution in [3.63, 3.8) is 0 Å². The van der Waals surface area contributed by atoms with Gasteiger partial charge in [0.05, 0.1) is 5.69 Å². The second kappa shape index (κ2) is 6.79. The number of nitrogens with zero attached hydrogens (tertiary/aromatic N) is 4. The van der Waals surface area contributed by atoms with Gasteiger partial charge in [-0.15, -0.1) is 0 Å². The molecular formula is C16H17FN4O3. The lowest BCUT2D eigenvalue weighted by Gasteiger charge is -2.10. The minimum absolute atomic E-state index is 0.0694. The lowest BCUT2D eigenvalue weighted by molar-refractivity contribution is 0.109. The molecule has 24 heavy (non-hydrogen) atoms. The molecule has 3 rings (SSSR count). The van der Waals surface area contributed by atoms with E-state index in [0.717, 1.165) is 5.69 Å². The van der Waals surface area contributed by atoms with Crippen LogP contribution < -0.4 is 4.74 Å². The topological polar surface area (TPSA) is 75.2 Å². The Bertz CT molecular complexity index is 830. The largest absolute Gasteiger partial charge is 0.483 e. The Kier molecular flexibility index (Phi) is 4.57. The van der Waals surface area contributed by atoms with Gasteiger partial charge in [-0.1, -0.05) is 5.16 Å². The summed E-state index contributed by atoms with van der Waals surface area (Å²) in [4.78, 5) is 4.20. The van der Waals surface area contributed by atoms with Crippen molar-refractivity contribution in [2.24, 2.45) is 7.05 Å². The highest BCUT2D eigenvalue weighted by Gasteiger charge is 2.15. The molecule has 8 heteroatoms. The molecule has 0 spiro atoms. The van der Waals surface area contributed by atoms with E-state index in [2.05, 4.69) is 15.2 Å². The summed E-state index contributed by atoms with van der Waals surface area (Å²) in [6.07, 6.45) is 1.37. The van der Waals surface area contributed by atoms with Gasteiger partial charge in [0.2, 0.25) is 0 Å². The molecule has 126 valence electrons. The van der Waals surface area contributed by atoms with Crippen LogP contribution in [0.2, 0.25) is 0 Å². The maximum atomic E-state index is 13.6. The maximum absolute atomic E-state index is 13.6. The van der Waals surface area contributed by atoms with Gasteiger partial charge < -0.3 is 14.0 Å². The first-order valence-corrected chi connectivity index (χ1v) is 7.34. The van der Waals surface area contributed by atoms with Gasteiger partial charge in [-0.3, -0.25) is 4.68 Å². The fourth-order valence-electron chi connectivity index (χ4n) is 2.20. The van der Waals surface area contributed by atoms with Crippen LogP contribution in [0.25, 0.3) is 11.3 Å². The number of benzene rings is 1. The Morgan fingerprint density at radius 3 is 2.88 bits per heavy atom. The summed E-state index contributed by atoms with van der Waals surface area (Å²) in [5, 5.41) is 7.93. The molecular weight excluding hydrogens is 315 g/mol. The number of ether oxygens (including phenoxy) is 2. The van der Waals surface area contributed by atoms with E-state index in [1.807, 2.05) is 6.92 Å². The minimum atomic E-state index is -0.354. The van der Waals surface area contributed by atoms with Crippen LogP contribution in [0.15, 0.2) is 35.0 Å². The maximum Gasteiger partial charge on any atom is 0.264 e. The zero-order valence-corrected chi connectivity index (χ0v) is 13.6. The molecule has 2 aromatic heterocycles. The molecule has 3 aromatic rings. The number of hydrogen-bond donors (Lipinski definition) is 0. The molecule has 0 amide bonds. The van der Waals surface area contributed by atoms with Gasteiger partial charge in [-0.2, -0.15) is 10.1 Å². The SMILES string of the molecule is COC(C)c1noc(COc2ccc(F)cc2-c2ccnn2C)n1. The van der Waals surface area contributed by atoms with Gasteiger partial charge in [0.25, 0.3) is 5.89 Å². The lowest BCUT2D eigenvalue weighted by atomic mass is 10.1. The molecule has 0 aliphatic heterocycles. The third kappa shape index (κ3) is 3.28. The second-order valence-electron chi connectivity index (χ2n) is 5.19. The first-order valence-electron chi connectivity index (χ1n) is 7.34. The first-order chi connectivity index (χ1) is 11.6. The van der Waals surface area contributed by atoms with E-state index in [1.165, 1.54) is 12.1 Å². The van der Waals surface area contributed by atoms with E-state index in [4.69, 9.17) is 14.0 Å². The Morgan fingerprint density at radius 1 is 1.33 bits per heavy atom. The number of rotatable bonds is 6. The van der Waals surface area contributed by atoms with Crippen molar-refractivity contribution < 1.29 is 18.4 Å². The third-order valence-corrected chi connectivity index (χ3v) is 3.59. The van der Waals surface area contributed by atoms with E-state index in [0.29, 0.717) is 23.0 Å². The summed E-state index contributed by atoms with van der Waals surface area (Å²) in [5.41, 5.74) is 1.34. The van der Waals surface area contributed by atoms with Gasteiger partial charge in [0.15, 0.2) is 12.4 Å². The summed E-state index contributed by atoms with van der Waals surface area (Å²) < 4.78 is 31.3. The van der Waals surface area contributed by atoms with Crippen LogP contribution in [-0.4, -0.2) is 27.0 Å². The average Bonchev–Trinajstić information content (AvgIpc) is 3.22. The van der Waals surface area contributed by atoms with Crippen LogP contribution in [-0.2, 0) is 18.4 Å². The summed E-state index contributed by atoms with van der Waals surface area (Å²) in [7, 11) is 3.34. The minimum Gasteiger partial charge on any atom is -0.483 e. The van der Waals surface area contributed by atoms with E-state index in [-0.39, 0.29) is 18.5 Å². The molecule has 0 saturated heterocycles. The molecule has 0 bridgehead atoms. The van der Waals surface area contributed by atoms with Crippen LogP contribution in [0.1, 0.15) is 24.7 Å². The van der Waals surface area contributed by atoms with Gasteiger partial charge in [-0.25, -0.2) is 4.39 Å². The van der Waals surface area contributed by atoms with Crippen LogP contribution in [0.3, 0.4) is 0 Å². The van der Waals surface area contributed by atoms with Crippen molar-refractivity contribution in [1.82, 2.24) is 19.9 Å². The summed E-state index contributed by atoms with van der Waals surface area (Å²) >= 11 is 0. The summed E-state index contributed by atoms with van der Waals surface area (Å²) in [5.74, 6) is 0.906. The van der Waals surface area contributed by atoms with Gasteiger partial charge in [-0.05, 0) is 31.2 Å². The van der Waals surface area contributed by atoms with Crippen molar-refractivity contribution in [3.05, 3.63) is 48.0 Å². The van der Waals surface area contributed by atoms with Crippen molar-refractivity contribution in [1.29, 1.82) is 0 Å². The van der Waals surface area contributed by atoms with Gasteiger partial charge in [0.1, 0.15) is 17.7 Å². The average molecular weight is 332 g/mol. The fourth-order valence-corrected chi connectivity index (χ4v) is 2.20. The van der Waals surface area contributed by atoms with Crippen LogP contribution >= 0.6 is 0 Å². The Balaban J connectivity index is 1.81. The van der Waals surface area contributed by atoms with Crippen molar-refractivity contribution in [2.45, 2.75) is 19.6 Å². The molecule has 1 aromatic carbocycles. The molecule has 0 N–H and O–H groups in total. The fraction of sp³-hybridized carbons (Fsp3) is 0.312. The van der Waals surface area contributed by atoms with Crippen molar-refractivity contribution in [3.8, 4) is 17.0 Å².